The molecule has 3 heterocycles. The molecule has 18 heavy (non-hydrogen) atoms. The van der Waals surface area contributed by atoms with Crippen molar-refractivity contribution in [3.05, 3.63) is 24.0 Å². The summed E-state index contributed by atoms with van der Waals surface area (Å²) in [6.45, 7) is 4.68. The smallest absolute Gasteiger partial charge is 0.137 e. The van der Waals surface area contributed by atoms with Crippen LogP contribution < -0.4 is 4.74 Å². The minimum absolute atomic E-state index is 0.260. The van der Waals surface area contributed by atoms with E-state index in [1.165, 1.54) is 6.42 Å². The molecule has 0 saturated carbocycles. The molecule has 4 heteroatoms. The first-order valence-corrected chi connectivity index (χ1v) is 6.79. The number of hydrogen-bond acceptors (Lipinski definition) is 4. The fourth-order valence-electron chi connectivity index (χ4n) is 3.35. The normalized spacial score (nSPS) is 31.6. The van der Waals surface area contributed by atoms with E-state index in [9.17, 15) is 5.11 Å². The molecule has 4 nitrogen and oxygen atoms in total. The molecule has 0 amide bonds. The number of aliphatic hydroxyl groups is 1. The van der Waals surface area contributed by atoms with Gasteiger partial charge in [0.15, 0.2) is 0 Å². The Labute approximate surface area is 108 Å². The van der Waals surface area contributed by atoms with Gasteiger partial charge in [-0.25, -0.2) is 0 Å². The number of aromatic nitrogens is 1. The molecule has 98 valence electrons. The zero-order chi connectivity index (χ0) is 12.6. The van der Waals surface area contributed by atoms with Gasteiger partial charge < -0.3 is 9.84 Å². The lowest BCUT2D eigenvalue weighted by Gasteiger charge is -2.30. The third kappa shape index (κ3) is 1.80. The summed E-state index contributed by atoms with van der Waals surface area (Å²) < 4.78 is 5.48. The maximum Gasteiger partial charge on any atom is 0.137 e. The minimum Gasteiger partial charge on any atom is -0.492 e. The van der Waals surface area contributed by atoms with Crippen LogP contribution in [0.1, 0.15) is 31.7 Å². The third-order valence-electron chi connectivity index (χ3n) is 4.22. The minimum atomic E-state index is -0.739. The molecule has 3 rings (SSSR count). The molecule has 1 aromatic rings. The summed E-state index contributed by atoms with van der Waals surface area (Å²) in [6, 6.07) is 2.20. The molecule has 1 aromatic heterocycles. The van der Waals surface area contributed by atoms with E-state index in [0.717, 1.165) is 37.2 Å². The Kier molecular flexibility index (Phi) is 2.99. The maximum absolute atomic E-state index is 11.0. The van der Waals surface area contributed by atoms with Crippen molar-refractivity contribution in [2.45, 2.75) is 37.8 Å². The Morgan fingerprint density at radius 2 is 2.39 bits per heavy atom. The van der Waals surface area contributed by atoms with Gasteiger partial charge in [0.25, 0.3) is 0 Å². The Morgan fingerprint density at radius 1 is 1.50 bits per heavy atom. The summed E-state index contributed by atoms with van der Waals surface area (Å²) in [6.07, 6.45) is 6.55. The Balaban J connectivity index is 1.91. The number of pyridine rings is 1. The van der Waals surface area contributed by atoms with Gasteiger partial charge in [0.05, 0.1) is 12.8 Å². The molecule has 0 spiro atoms. The molecule has 0 bridgehead atoms. The second-order valence-electron chi connectivity index (χ2n) is 5.21. The van der Waals surface area contributed by atoms with Crippen molar-refractivity contribution in [3.8, 4) is 5.75 Å². The Hall–Kier alpha value is -1.13. The lowest BCUT2D eigenvalue weighted by molar-refractivity contribution is 0.00885. The highest BCUT2D eigenvalue weighted by Gasteiger charge is 2.49. The molecule has 2 aliphatic rings. The fraction of sp³-hybridized carbons (Fsp3) is 0.643. The van der Waals surface area contributed by atoms with Crippen LogP contribution in [0.3, 0.4) is 0 Å². The molecule has 0 aromatic carbocycles. The highest BCUT2D eigenvalue weighted by molar-refractivity contribution is 5.31. The van der Waals surface area contributed by atoms with E-state index >= 15 is 0 Å². The van der Waals surface area contributed by atoms with Gasteiger partial charge in [-0.05, 0) is 38.8 Å². The van der Waals surface area contributed by atoms with Gasteiger partial charge >= 0.3 is 0 Å². The summed E-state index contributed by atoms with van der Waals surface area (Å²) in [5.74, 6) is 0.750. The maximum atomic E-state index is 11.0. The first-order valence-electron chi connectivity index (χ1n) is 6.79. The van der Waals surface area contributed by atoms with Crippen LogP contribution in [0.4, 0.5) is 0 Å². The van der Waals surface area contributed by atoms with Gasteiger partial charge in [0, 0.05) is 24.3 Å². The molecule has 1 N–H and O–H groups in total. The van der Waals surface area contributed by atoms with E-state index in [4.69, 9.17) is 4.74 Å². The molecule has 0 radical (unpaired) electrons. The van der Waals surface area contributed by atoms with Crippen molar-refractivity contribution in [1.29, 1.82) is 0 Å². The van der Waals surface area contributed by atoms with E-state index in [1.807, 2.05) is 13.0 Å². The molecule has 2 fully saturated rings. The summed E-state index contributed by atoms with van der Waals surface area (Å²) in [5.41, 5.74) is 0.166. The summed E-state index contributed by atoms with van der Waals surface area (Å²) in [4.78, 5) is 6.60. The summed E-state index contributed by atoms with van der Waals surface area (Å²) >= 11 is 0. The molecule has 2 unspecified atom stereocenters. The average molecular weight is 248 g/mol. The molecule has 2 saturated heterocycles. The topological polar surface area (TPSA) is 45.6 Å². The van der Waals surface area contributed by atoms with Crippen molar-refractivity contribution in [2.24, 2.45) is 0 Å². The molecular formula is C14H20N2O2. The largest absolute Gasteiger partial charge is 0.492 e. The first-order chi connectivity index (χ1) is 8.74. The lowest BCUT2D eigenvalue weighted by Crippen LogP contribution is -2.38. The van der Waals surface area contributed by atoms with Crippen LogP contribution in [0.25, 0.3) is 0 Å². The molecule has 0 aliphatic carbocycles. The van der Waals surface area contributed by atoms with Gasteiger partial charge in [0.1, 0.15) is 11.4 Å². The van der Waals surface area contributed by atoms with Crippen LogP contribution in [0.15, 0.2) is 18.5 Å². The zero-order valence-electron chi connectivity index (χ0n) is 10.8. The summed E-state index contributed by atoms with van der Waals surface area (Å²) in [7, 11) is 0. The fourth-order valence-corrected chi connectivity index (χ4v) is 3.35. The molecule has 2 aliphatic heterocycles. The number of hydrogen-bond donors (Lipinski definition) is 1. The molecular weight excluding hydrogens is 228 g/mol. The van der Waals surface area contributed by atoms with Crippen LogP contribution in [-0.4, -0.2) is 40.7 Å². The number of fused-ring (bicyclic) bond motifs is 1. The standard InChI is InChI=1S/C14H20N2O2/c1-2-18-12-8-11(9-15-10-12)14(17)5-7-16-6-3-4-13(14)16/h8-10,13,17H,2-7H2,1H3. The van der Waals surface area contributed by atoms with E-state index < -0.39 is 5.60 Å². The summed E-state index contributed by atoms with van der Waals surface area (Å²) in [5, 5.41) is 11.0. The van der Waals surface area contributed by atoms with Gasteiger partial charge in [-0.1, -0.05) is 0 Å². The predicted molar refractivity (Wildman–Crippen MR) is 68.5 cm³/mol. The SMILES string of the molecule is CCOc1cncc(C2(O)CCN3CCCC32)c1. The van der Waals surface area contributed by atoms with Gasteiger partial charge in [-0.2, -0.15) is 0 Å². The van der Waals surface area contributed by atoms with Crippen molar-refractivity contribution < 1.29 is 9.84 Å². The Bertz CT molecular complexity index is 438. The Morgan fingerprint density at radius 3 is 3.22 bits per heavy atom. The number of nitrogens with zero attached hydrogens (tertiary/aromatic N) is 2. The second kappa shape index (κ2) is 4.52. The average Bonchev–Trinajstić information content (AvgIpc) is 2.95. The third-order valence-corrected chi connectivity index (χ3v) is 4.22. The van der Waals surface area contributed by atoms with E-state index in [2.05, 4.69) is 9.88 Å². The second-order valence-corrected chi connectivity index (χ2v) is 5.21. The van der Waals surface area contributed by atoms with Crippen LogP contribution in [0.2, 0.25) is 0 Å². The van der Waals surface area contributed by atoms with Crippen LogP contribution in [0, 0.1) is 0 Å². The van der Waals surface area contributed by atoms with Gasteiger partial charge in [0.2, 0.25) is 0 Å². The quantitative estimate of drug-likeness (QED) is 0.881. The van der Waals surface area contributed by atoms with Gasteiger partial charge in [-0.15, -0.1) is 0 Å². The van der Waals surface area contributed by atoms with Crippen LogP contribution in [-0.2, 0) is 5.60 Å². The van der Waals surface area contributed by atoms with Crippen molar-refractivity contribution in [2.75, 3.05) is 19.7 Å². The first kappa shape index (κ1) is 11.9. The molecule has 2 atom stereocenters. The van der Waals surface area contributed by atoms with Crippen LogP contribution in [0.5, 0.6) is 5.75 Å². The van der Waals surface area contributed by atoms with Crippen molar-refractivity contribution in [1.82, 2.24) is 9.88 Å². The van der Waals surface area contributed by atoms with Gasteiger partial charge in [-0.3, -0.25) is 9.88 Å². The predicted octanol–water partition coefficient (Wildman–Crippen LogP) is 1.54. The zero-order valence-corrected chi connectivity index (χ0v) is 10.8. The van der Waals surface area contributed by atoms with Crippen molar-refractivity contribution >= 4 is 0 Å². The van der Waals surface area contributed by atoms with Crippen molar-refractivity contribution in [3.63, 3.8) is 0 Å². The highest BCUT2D eigenvalue weighted by Crippen LogP contribution is 2.43. The monoisotopic (exact) mass is 248 g/mol. The lowest BCUT2D eigenvalue weighted by atomic mass is 9.86. The van der Waals surface area contributed by atoms with Crippen LogP contribution >= 0.6 is 0 Å². The highest BCUT2D eigenvalue weighted by atomic mass is 16.5. The van der Waals surface area contributed by atoms with E-state index in [1.54, 1.807) is 12.4 Å². The van der Waals surface area contributed by atoms with E-state index in [-0.39, 0.29) is 6.04 Å². The number of ether oxygens (including phenoxy) is 1. The number of rotatable bonds is 3. The van der Waals surface area contributed by atoms with E-state index in [0.29, 0.717) is 6.61 Å².